The Labute approximate surface area is 237 Å². The van der Waals surface area contributed by atoms with Gasteiger partial charge in [0.2, 0.25) is 18.6 Å². The van der Waals surface area contributed by atoms with Crippen LogP contribution in [0.5, 0.6) is 11.5 Å². The van der Waals surface area contributed by atoms with Gasteiger partial charge in [-0.1, -0.05) is 33.3 Å². The average Bonchev–Trinajstić information content (AvgIpc) is 3.58. The monoisotopic (exact) mass is 558 g/mol. The molecule has 10 nitrogen and oxygen atoms in total. The summed E-state index contributed by atoms with van der Waals surface area (Å²) in [6.45, 7) is 10.1. The van der Waals surface area contributed by atoms with E-state index in [1.165, 1.54) is 0 Å². The van der Waals surface area contributed by atoms with Crippen molar-refractivity contribution in [3.8, 4) is 11.5 Å². The zero-order valence-electron chi connectivity index (χ0n) is 24.3. The lowest BCUT2D eigenvalue weighted by Crippen LogP contribution is -2.46. The first-order valence-corrected chi connectivity index (χ1v) is 14.8. The summed E-state index contributed by atoms with van der Waals surface area (Å²) >= 11 is 0. The maximum absolute atomic E-state index is 13.6. The lowest BCUT2D eigenvalue weighted by atomic mass is 9.84. The van der Waals surface area contributed by atoms with Crippen LogP contribution in [0.4, 0.5) is 0 Å². The normalized spacial score (nSPS) is 23.6. The molecule has 3 unspecified atom stereocenters. The quantitative estimate of drug-likeness (QED) is 0.334. The number of amides is 2. The third kappa shape index (κ3) is 7.07. The third-order valence-corrected chi connectivity index (χ3v) is 8.51. The molecule has 40 heavy (non-hydrogen) atoms. The molecule has 2 fully saturated rings. The fraction of sp³-hybridized carbons (Fsp3) is 0.700. The van der Waals surface area contributed by atoms with Crippen LogP contribution < -0.4 is 15.2 Å². The summed E-state index contributed by atoms with van der Waals surface area (Å²) in [5.74, 6) is -0.544. The summed E-state index contributed by atoms with van der Waals surface area (Å²) in [5, 5.41) is 10.5. The molecule has 0 aromatic heterocycles. The van der Waals surface area contributed by atoms with Gasteiger partial charge in [-0.2, -0.15) is 0 Å². The van der Waals surface area contributed by atoms with E-state index in [-0.39, 0.29) is 42.5 Å². The standard InChI is InChI=1S/C30H46N4O6/c1-4-5-12-32(13-7-6-11-31)27(36)18-34-17-22(21-8-9-24-25(15-21)40-20-39-24)28(29(37)38)23(34)10-14-33-19-30(2,3)16-26(33)35/h8-9,15,22-23,28H,4-7,10-14,16-20,31H2,1-3H3,(H,37,38). The number of fused-ring (bicyclic) bond motifs is 1. The summed E-state index contributed by atoms with van der Waals surface area (Å²) in [6, 6.07) is 5.22. The number of aliphatic carboxylic acids is 1. The van der Waals surface area contributed by atoms with E-state index in [2.05, 4.69) is 20.8 Å². The molecule has 1 aromatic rings. The highest BCUT2D eigenvalue weighted by molar-refractivity contribution is 5.80. The Balaban J connectivity index is 1.57. The molecule has 3 aliphatic heterocycles. The number of hydrogen-bond donors (Lipinski definition) is 2. The van der Waals surface area contributed by atoms with Crippen molar-refractivity contribution in [2.45, 2.75) is 71.3 Å². The maximum Gasteiger partial charge on any atom is 0.308 e. The number of benzene rings is 1. The lowest BCUT2D eigenvalue weighted by Gasteiger charge is -2.31. The highest BCUT2D eigenvalue weighted by atomic mass is 16.7. The summed E-state index contributed by atoms with van der Waals surface area (Å²) in [5.41, 5.74) is 6.46. The number of hydrogen-bond acceptors (Lipinski definition) is 7. The van der Waals surface area contributed by atoms with E-state index in [0.29, 0.717) is 63.6 Å². The number of carboxylic acids is 1. The van der Waals surface area contributed by atoms with Crippen molar-refractivity contribution in [2.24, 2.45) is 17.1 Å². The second-order valence-electron chi connectivity index (χ2n) is 12.3. The number of ether oxygens (including phenoxy) is 2. The van der Waals surface area contributed by atoms with Crippen LogP contribution in [0.15, 0.2) is 18.2 Å². The zero-order chi connectivity index (χ0) is 28.9. The molecule has 1 aromatic carbocycles. The Kier molecular flexibility index (Phi) is 9.94. The molecular formula is C30H46N4O6. The maximum atomic E-state index is 13.6. The Morgan fingerprint density at radius 2 is 1.90 bits per heavy atom. The predicted octanol–water partition coefficient (Wildman–Crippen LogP) is 2.90. The van der Waals surface area contributed by atoms with Crippen molar-refractivity contribution in [1.29, 1.82) is 0 Å². The first-order valence-electron chi connectivity index (χ1n) is 14.8. The van der Waals surface area contributed by atoms with Crippen LogP contribution in [-0.4, -0.2) is 96.2 Å². The number of rotatable bonds is 14. The van der Waals surface area contributed by atoms with Gasteiger partial charge in [-0.25, -0.2) is 0 Å². The Morgan fingerprint density at radius 1 is 1.15 bits per heavy atom. The summed E-state index contributed by atoms with van der Waals surface area (Å²) in [7, 11) is 0. The molecule has 2 amide bonds. The van der Waals surface area contributed by atoms with Gasteiger partial charge in [0, 0.05) is 51.1 Å². The van der Waals surface area contributed by atoms with Gasteiger partial charge in [-0.15, -0.1) is 0 Å². The van der Waals surface area contributed by atoms with E-state index in [9.17, 15) is 19.5 Å². The molecule has 0 saturated carbocycles. The third-order valence-electron chi connectivity index (χ3n) is 8.51. The molecule has 4 rings (SSSR count). The minimum Gasteiger partial charge on any atom is -0.481 e. The van der Waals surface area contributed by atoms with E-state index < -0.39 is 11.9 Å². The van der Waals surface area contributed by atoms with E-state index in [1.807, 2.05) is 32.9 Å². The average molecular weight is 559 g/mol. The Hall–Kier alpha value is -2.85. The molecule has 222 valence electrons. The number of nitrogens with two attached hydrogens (primary N) is 1. The van der Waals surface area contributed by atoms with Gasteiger partial charge >= 0.3 is 5.97 Å². The number of likely N-dealkylation sites (tertiary alicyclic amines) is 2. The first-order chi connectivity index (χ1) is 19.1. The van der Waals surface area contributed by atoms with Crippen LogP contribution >= 0.6 is 0 Å². The highest BCUT2D eigenvalue weighted by Gasteiger charge is 2.48. The molecule has 0 bridgehead atoms. The van der Waals surface area contributed by atoms with Crippen molar-refractivity contribution in [2.75, 3.05) is 52.6 Å². The molecule has 0 aliphatic carbocycles. The summed E-state index contributed by atoms with van der Waals surface area (Å²) in [4.78, 5) is 44.9. The second-order valence-corrected chi connectivity index (χ2v) is 12.3. The minimum absolute atomic E-state index is 0.0179. The molecule has 0 radical (unpaired) electrons. The van der Waals surface area contributed by atoms with Crippen molar-refractivity contribution in [1.82, 2.24) is 14.7 Å². The van der Waals surface area contributed by atoms with Crippen LogP contribution in [0.3, 0.4) is 0 Å². The lowest BCUT2D eigenvalue weighted by molar-refractivity contribution is -0.144. The van der Waals surface area contributed by atoms with E-state index in [0.717, 1.165) is 31.2 Å². The van der Waals surface area contributed by atoms with Gasteiger partial charge in [0.15, 0.2) is 11.5 Å². The van der Waals surface area contributed by atoms with Gasteiger partial charge < -0.3 is 30.1 Å². The predicted molar refractivity (Wildman–Crippen MR) is 151 cm³/mol. The molecule has 2 saturated heterocycles. The molecule has 3 heterocycles. The van der Waals surface area contributed by atoms with Crippen LogP contribution in [0.2, 0.25) is 0 Å². The number of nitrogens with zero attached hydrogens (tertiary/aromatic N) is 3. The Morgan fingerprint density at radius 3 is 2.58 bits per heavy atom. The molecule has 0 spiro atoms. The minimum atomic E-state index is -0.888. The van der Waals surface area contributed by atoms with Gasteiger partial charge in [0.25, 0.3) is 0 Å². The topological polar surface area (TPSA) is 126 Å². The molecule has 3 aliphatic rings. The van der Waals surface area contributed by atoms with Crippen molar-refractivity contribution in [3.63, 3.8) is 0 Å². The van der Waals surface area contributed by atoms with Crippen molar-refractivity contribution >= 4 is 17.8 Å². The van der Waals surface area contributed by atoms with Crippen molar-refractivity contribution < 1.29 is 29.0 Å². The fourth-order valence-corrected chi connectivity index (χ4v) is 6.44. The van der Waals surface area contributed by atoms with Gasteiger partial charge in [0.05, 0.1) is 12.5 Å². The summed E-state index contributed by atoms with van der Waals surface area (Å²) < 4.78 is 11.0. The SMILES string of the molecule is CCCCN(CCCCN)C(=O)CN1CC(c2ccc3c(c2)OCO3)C(C(=O)O)C1CCN1CC(C)(C)CC1=O. The number of carbonyl (C=O) groups is 3. The highest BCUT2D eigenvalue weighted by Crippen LogP contribution is 2.43. The van der Waals surface area contributed by atoms with Gasteiger partial charge in [-0.3, -0.25) is 19.3 Å². The molecule has 3 atom stereocenters. The van der Waals surface area contributed by atoms with Crippen LogP contribution in [0, 0.1) is 11.3 Å². The first kappa shape index (κ1) is 30.1. The van der Waals surface area contributed by atoms with Crippen molar-refractivity contribution in [3.05, 3.63) is 23.8 Å². The second kappa shape index (κ2) is 13.2. The van der Waals surface area contributed by atoms with Gasteiger partial charge in [0.1, 0.15) is 0 Å². The molecular weight excluding hydrogens is 512 g/mol. The van der Waals surface area contributed by atoms with E-state index in [4.69, 9.17) is 15.2 Å². The smallest absolute Gasteiger partial charge is 0.308 e. The van der Waals surface area contributed by atoms with Crippen LogP contribution in [-0.2, 0) is 14.4 Å². The molecule has 3 N–H and O–H groups in total. The summed E-state index contributed by atoms with van der Waals surface area (Å²) in [6.07, 6.45) is 4.60. The van der Waals surface area contributed by atoms with E-state index >= 15 is 0 Å². The molecule has 10 heteroatoms. The Bertz CT molecular complexity index is 1060. The van der Waals surface area contributed by atoms with Gasteiger partial charge in [-0.05, 0) is 55.3 Å². The number of unbranched alkanes of at least 4 members (excludes halogenated alkanes) is 2. The van der Waals surface area contributed by atoms with E-state index in [1.54, 1.807) is 0 Å². The number of carboxylic acid groups (broad SMARTS) is 1. The van der Waals surface area contributed by atoms with Crippen LogP contribution in [0.25, 0.3) is 0 Å². The zero-order valence-corrected chi connectivity index (χ0v) is 24.3. The fourth-order valence-electron chi connectivity index (χ4n) is 6.44. The van der Waals surface area contributed by atoms with Crippen LogP contribution in [0.1, 0.15) is 70.8 Å². The number of carbonyl (C=O) groups excluding carboxylic acids is 2. The largest absolute Gasteiger partial charge is 0.481 e.